The molecule has 1 atom stereocenters. The normalized spacial score (nSPS) is 15.7. The zero-order valence-corrected chi connectivity index (χ0v) is 14.0. The number of halogens is 1. The first-order chi connectivity index (χ1) is 13.1. The number of rotatable bonds is 5. The summed E-state index contributed by atoms with van der Waals surface area (Å²) in [5.41, 5.74) is 0.701. The largest absolute Gasteiger partial charge is 0.486 e. The van der Waals surface area contributed by atoms with Gasteiger partial charge in [0.1, 0.15) is 24.7 Å². The Morgan fingerprint density at radius 1 is 1.30 bits per heavy atom. The summed E-state index contributed by atoms with van der Waals surface area (Å²) in [5, 5.41) is 10.8. The second-order valence-electron chi connectivity index (χ2n) is 5.92. The molecule has 0 spiro atoms. The zero-order valence-electron chi connectivity index (χ0n) is 14.0. The lowest BCUT2D eigenvalue weighted by molar-refractivity contribution is -0.389. The van der Waals surface area contributed by atoms with E-state index in [1.54, 1.807) is 16.7 Å². The number of aryl methyl sites for hydroxylation is 1. The summed E-state index contributed by atoms with van der Waals surface area (Å²) < 4.78 is 25.9. The Bertz CT molecular complexity index is 958. The molecule has 0 radical (unpaired) electrons. The highest BCUT2D eigenvalue weighted by Gasteiger charge is 2.28. The number of aromatic nitrogens is 4. The Balaban J connectivity index is 1.36. The van der Waals surface area contributed by atoms with Crippen molar-refractivity contribution in [2.75, 3.05) is 6.61 Å². The van der Waals surface area contributed by atoms with Gasteiger partial charge in [0.2, 0.25) is 0 Å². The van der Waals surface area contributed by atoms with Crippen LogP contribution in [0.15, 0.2) is 42.9 Å². The third-order valence-electron chi connectivity index (χ3n) is 4.04. The maximum atomic E-state index is 13.0. The van der Waals surface area contributed by atoms with Gasteiger partial charge in [-0.25, -0.2) is 14.4 Å². The van der Waals surface area contributed by atoms with Gasteiger partial charge in [-0.1, -0.05) is 0 Å². The predicted octanol–water partition coefficient (Wildman–Crippen LogP) is 2.62. The highest BCUT2D eigenvalue weighted by Crippen LogP contribution is 2.24. The topological polar surface area (TPSA) is 105 Å². The molecule has 4 rings (SSSR count). The molecule has 10 heteroatoms. The first-order valence-electron chi connectivity index (χ1n) is 8.17. The number of benzene rings is 1. The van der Waals surface area contributed by atoms with Crippen LogP contribution in [0.4, 0.5) is 10.2 Å². The number of nitro groups is 1. The van der Waals surface area contributed by atoms with Gasteiger partial charge < -0.3 is 19.6 Å². The predicted molar refractivity (Wildman–Crippen MR) is 90.8 cm³/mol. The summed E-state index contributed by atoms with van der Waals surface area (Å²) in [7, 11) is 0. The highest BCUT2D eigenvalue weighted by atomic mass is 19.1. The fourth-order valence-corrected chi connectivity index (χ4v) is 2.66. The van der Waals surface area contributed by atoms with Crippen LogP contribution in [-0.2, 0) is 6.54 Å². The molecule has 1 unspecified atom stereocenters. The molecule has 0 N–H and O–H groups in total. The first-order valence-corrected chi connectivity index (χ1v) is 8.17. The fraction of sp³-hybridized carbons (Fsp3) is 0.235. The van der Waals surface area contributed by atoms with E-state index in [4.69, 9.17) is 9.47 Å². The molecule has 0 fully saturated rings. The highest BCUT2D eigenvalue weighted by molar-refractivity contribution is 5.54. The van der Waals surface area contributed by atoms with Crippen molar-refractivity contribution in [3.63, 3.8) is 0 Å². The minimum atomic E-state index is -0.555. The molecule has 0 saturated heterocycles. The van der Waals surface area contributed by atoms with Crippen molar-refractivity contribution in [3.8, 4) is 23.1 Å². The third-order valence-corrected chi connectivity index (χ3v) is 4.04. The van der Waals surface area contributed by atoms with Crippen molar-refractivity contribution in [2.24, 2.45) is 0 Å². The van der Waals surface area contributed by atoms with E-state index in [-0.39, 0.29) is 30.4 Å². The molecular formula is C17H14FN5O4. The molecule has 138 valence electrons. The van der Waals surface area contributed by atoms with E-state index in [0.717, 1.165) is 0 Å². The molecule has 9 nitrogen and oxygen atoms in total. The van der Waals surface area contributed by atoms with E-state index < -0.39 is 4.92 Å². The van der Waals surface area contributed by atoms with Crippen molar-refractivity contribution in [1.29, 1.82) is 0 Å². The summed E-state index contributed by atoms with van der Waals surface area (Å²) in [6.07, 6.45) is 4.76. The molecule has 1 aliphatic rings. The molecule has 3 aromatic rings. The van der Waals surface area contributed by atoms with Crippen LogP contribution in [0.25, 0.3) is 11.4 Å². The second-order valence-corrected chi connectivity index (χ2v) is 5.92. The van der Waals surface area contributed by atoms with Gasteiger partial charge in [0.25, 0.3) is 0 Å². The van der Waals surface area contributed by atoms with Gasteiger partial charge in [0.05, 0.1) is 12.4 Å². The summed E-state index contributed by atoms with van der Waals surface area (Å²) in [6, 6.07) is 6.10. The smallest absolute Gasteiger partial charge is 0.414 e. The Hall–Kier alpha value is -3.56. The van der Waals surface area contributed by atoms with Crippen LogP contribution < -0.4 is 9.47 Å². The van der Waals surface area contributed by atoms with E-state index >= 15 is 0 Å². The number of hydrogen-bond acceptors (Lipinski definition) is 7. The van der Waals surface area contributed by atoms with Crippen molar-refractivity contribution in [3.05, 3.63) is 58.8 Å². The molecule has 3 heterocycles. The number of hydrogen-bond donors (Lipinski definition) is 0. The van der Waals surface area contributed by atoms with Crippen LogP contribution in [0.3, 0.4) is 0 Å². The van der Waals surface area contributed by atoms with Gasteiger partial charge >= 0.3 is 11.8 Å². The van der Waals surface area contributed by atoms with E-state index in [1.807, 2.05) is 0 Å². The van der Waals surface area contributed by atoms with Gasteiger partial charge in [0, 0.05) is 23.5 Å². The first kappa shape index (κ1) is 16.9. The quantitative estimate of drug-likeness (QED) is 0.501. The SMILES string of the molecule is O=[N+]([O-])c1cn2c(n1)OC(COc1cnc(-c3ccc(F)cc3)nc1)CC2. The molecule has 0 saturated carbocycles. The molecule has 1 aliphatic heterocycles. The Kier molecular flexibility index (Phi) is 4.37. The Morgan fingerprint density at radius 2 is 2.04 bits per heavy atom. The maximum Gasteiger partial charge on any atom is 0.414 e. The van der Waals surface area contributed by atoms with E-state index in [9.17, 15) is 14.5 Å². The lowest BCUT2D eigenvalue weighted by Crippen LogP contribution is -2.31. The molecule has 1 aromatic carbocycles. The summed E-state index contributed by atoms with van der Waals surface area (Å²) in [6.45, 7) is 0.796. The second kappa shape index (κ2) is 6.98. The van der Waals surface area contributed by atoms with Crippen LogP contribution in [-0.4, -0.2) is 37.2 Å². The fourth-order valence-electron chi connectivity index (χ4n) is 2.66. The molecular weight excluding hydrogens is 357 g/mol. The average Bonchev–Trinajstić information content (AvgIpc) is 3.11. The van der Waals surface area contributed by atoms with Crippen molar-refractivity contribution in [1.82, 2.24) is 19.5 Å². The minimum Gasteiger partial charge on any atom is -0.486 e. The third kappa shape index (κ3) is 3.68. The van der Waals surface area contributed by atoms with Gasteiger partial charge in [-0.3, -0.25) is 4.57 Å². The van der Waals surface area contributed by atoms with E-state index in [0.29, 0.717) is 30.1 Å². The number of ether oxygens (including phenoxy) is 2. The van der Waals surface area contributed by atoms with Crippen LogP contribution in [0.1, 0.15) is 6.42 Å². The van der Waals surface area contributed by atoms with Crippen molar-refractivity contribution in [2.45, 2.75) is 19.1 Å². The maximum absolute atomic E-state index is 13.0. The van der Waals surface area contributed by atoms with Crippen molar-refractivity contribution >= 4 is 5.82 Å². The standard InChI is InChI=1S/C17H14FN5O4/c18-12-3-1-11(2-4-12)16-19-7-14(8-20-16)26-10-13-5-6-22-9-15(23(24)25)21-17(22)27-13/h1-4,7-9,13H,5-6,10H2. The lowest BCUT2D eigenvalue weighted by atomic mass is 10.2. The summed E-state index contributed by atoms with van der Waals surface area (Å²) in [5.74, 6) is 0.364. The van der Waals surface area contributed by atoms with Crippen LogP contribution in [0.5, 0.6) is 11.8 Å². The van der Waals surface area contributed by atoms with Crippen LogP contribution >= 0.6 is 0 Å². The molecule has 0 bridgehead atoms. The van der Waals surface area contributed by atoms with Gasteiger partial charge in [-0.2, -0.15) is 0 Å². The summed E-state index contributed by atoms with van der Waals surface area (Å²) in [4.78, 5) is 22.5. The lowest BCUT2D eigenvalue weighted by Gasteiger charge is -2.22. The number of nitrogens with zero attached hydrogens (tertiary/aromatic N) is 5. The molecule has 27 heavy (non-hydrogen) atoms. The number of fused-ring (bicyclic) bond motifs is 1. The Labute approximate surface area is 152 Å². The van der Waals surface area contributed by atoms with E-state index in [2.05, 4.69) is 15.0 Å². The Morgan fingerprint density at radius 3 is 2.74 bits per heavy atom. The molecule has 0 aliphatic carbocycles. The van der Waals surface area contributed by atoms with Crippen LogP contribution in [0, 0.1) is 15.9 Å². The van der Waals surface area contributed by atoms with Gasteiger partial charge in [0.15, 0.2) is 11.6 Å². The van der Waals surface area contributed by atoms with E-state index in [1.165, 1.54) is 30.7 Å². The number of imidazole rings is 1. The van der Waals surface area contributed by atoms with Crippen LogP contribution in [0.2, 0.25) is 0 Å². The van der Waals surface area contributed by atoms with Gasteiger partial charge in [-0.05, 0) is 29.2 Å². The molecule has 0 amide bonds. The van der Waals surface area contributed by atoms with Crippen molar-refractivity contribution < 1.29 is 18.8 Å². The van der Waals surface area contributed by atoms with Gasteiger partial charge in [-0.15, -0.1) is 0 Å². The zero-order chi connectivity index (χ0) is 18.8. The average molecular weight is 371 g/mol. The minimum absolute atomic E-state index is 0.212. The monoisotopic (exact) mass is 371 g/mol. The summed E-state index contributed by atoms with van der Waals surface area (Å²) >= 11 is 0. The molecule has 2 aromatic heterocycles.